The lowest BCUT2D eigenvalue weighted by atomic mass is 10.1. The Balaban J connectivity index is 3.41. The van der Waals surface area contributed by atoms with Gasteiger partial charge in [0.15, 0.2) is 0 Å². The van der Waals surface area contributed by atoms with Crippen molar-refractivity contribution in [1.29, 1.82) is 5.41 Å². The largest absolute Gasteiger partial charge is 0.479 e. The van der Waals surface area contributed by atoms with Gasteiger partial charge in [-0.1, -0.05) is 0 Å². The van der Waals surface area contributed by atoms with Crippen LogP contribution in [0.25, 0.3) is 0 Å². The minimum Gasteiger partial charge on any atom is -0.479 e. The summed E-state index contributed by atoms with van der Waals surface area (Å²) in [5.41, 5.74) is 7.51. The number of nitrogen functional groups attached to an aromatic ring is 1. The van der Waals surface area contributed by atoms with Gasteiger partial charge in [-0.05, 0) is 19.4 Å². The van der Waals surface area contributed by atoms with E-state index in [9.17, 15) is 0 Å². The first kappa shape index (κ1) is 9.44. The second-order valence-electron chi connectivity index (χ2n) is 2.71. The van der Waals surface area contributed by atoms with Gasteiger partial charge in [0, 0.05) is 0 Å². The fourth-order valence-electron chi connectivity index (χ4n) is 1.05. The zero-order valence-electron chi connectivity index (χ0n) is 7.88. The molecule has 0 aromatic carbocycles. The third kappa shape index (κ3) is 1.58. The van der Waals surface area contributed by atoms with E-state index in [0.717, 1.165) is 11.3 Å². The quantitative estimate of drug-likeness (QED) is 0.509. The number of rotatable bonds is 2. The molecule has 0 unspecified atom stereocenters. The summed E-state index contributed by atoms with van der Waals surface area (Å²) in [6.45, 7) is 3.65. The van der Waals surface area contributed by atoms with Gasteiger partial charge in [0.1, 0.15) is 5.84 Å². The molecule has 0 aliphatic heterocycles. The summed E-state index contributed by atoms with van der Waals surface area (Å²) >= 11 is 0. The molecule has 13 heavy (non-hydrogen) atoms. The number of amidine groups is 1. The summed E-state index contributed by atoms with van der Waals surface area (Å²) < 4.78 is 4.95. The van der Waals surface area contributed by atoms with Crippen LogP contribution in [-0.2, 0) is 0 Å². The lowest BCUT2D eigenvalue weighted by molar-refractivity contribution is 0.390. The highest BCUT2D eigenvalue weighted by Crippen LogP contribution is 2.18. The van der Waals surface area contributed by atoms with Gasteiger partial charge in [-0.2, -0.15) is 5.10 Å². The highest BCUT2D eigenvalue weighted by Gasteiger charge is 2.13. The third-order valence-electron chi connectivity index (χ3n) is 1.89. The summed E-state index contributed by atoms with van der Waals surface area (Å²) in [5.74, 6) is 0.253. The number of nitrogens with zero attached hydrogens (tertiary/aromatic N) is 2. The maximum absolute atomic E-state index is 7.35. The highest BCUT2D eigenvalue weighted by atomic mass is 16.5. The molecule has 70 valence electrons. The second-order valence-corrected chi connectivity index (χ2v) is 2.71. The molecule has 5 heteroatoms. The molecule has 0 saturated carbocycles. The lowest BCUT2D eigenvalue weighted by Crippen LogP contribution is -2.16. The van der Waals surface area contributed by atoms with E-state index in [-0.39, 0.29) is 5.84 Å². The molecular weight excluding hydrogens is 168 g/mol. The summed E-state index contributed by atoms with van der Waals surface area (Å²) in [6, 6.07) is 0. The first-order valence-electron chi connectivity index (χ1n) is 3.80. The van der Waals surface area contributed by atoms with Gasteiger partial charge in [0.25, 0.3) is 0 Å². The molecule has 0 aliphatic carbocycles. The molecule has 0 atom stereocenters. The average Bonchev–Trinajstić information content (AvgIpc) is 2.08. The Labute approximate surface area is 76.4 Å². The van der Waals surface area contributed by atoms with Crippen LogP contribution in [0.3, 0.4) is 0 Å². The molecule has 0 spiro atoms. The Morgan fingerprint density at radius 1 is 1.38 bits per heavy atom. The monoisotopic (exact) mass is 180 g/mol. The van der Waals surface area contributed by atoms with Gasteiger partial charge in [-0.25, -0.2) is 0 Å². The zero-order chi connectivity index (χ0) is 10.0. The number of hydrogen-bond acceptors (Lipinski definition) is 4. The molecule has 5 nitrogen and oxygen atoms in total. The van der Waals surface area contributed by atoms with Crippen molar-refractivity contribution in [2.24, 2.45) is 5.73 Å². The average molecular weight is 180 g/mol. The molecule has 0 radical (unpaired) electrons. The Morgan fingerprint density at radius 2 is 2.00 bits per heavy atom. The smallest absolute Gasteiger partial charge is 0.244 e. The van der Waals surface area contributed by atoms with Crippen molar-refractivity contribution in [3.63, 3.8) is 0 Å². The first-order valence-corrected chi connectivity index (χ1v) is 3.80. The van der Waals surface area contributed by atoms with Crippen LogP contribution in [0.15, 0.2) is 0 Å². The summed E-state index contributed by atoms with van der Waals surface area (Å²) in [6.07, 6.45) is 0. The number of aryl methyl sites for hydroxylation is 1. The van der Waals surface area contributed by atoms with Crippen molar-refractivity contribution >= 4 is 5.84 Å². The van der Waals surface area contributed by atoms with Crippen LogP contribution >= 0.6 is 0 Å². The number of methoxy groups -OCH3 is 1. The van der Waals surface area contributed by atoms with Crippen molar-refractivity contribution in [2.75, 3.05) is 7.11 Å². The van der Waals surface area contributed by atoms with E-state index in [2.05, 4.69) is 10.2 Å². The molecular formula is C8H12N4O. The van der Waals surface area contributed by atoms with Crippen LogP contribution in [-0.4, -0.2) is 23.1 Å². The van der Waals surface area contributed by atoms with Gasteiger partial charge in [-0.15, -0.1) is 5.10 Å². The van der Waals surface area contributed by atoms with Crippen LogP contribution in [0.5, 0.6) is 5.88 Å². The van der Waals surface area contributed by atoms with Crippen molar-refractivity contribution in [3.8, 4) is 5.88 Å². The molecule has 0 amide bonds. The van der Waals surface area contributed by atoms with Crippen molar-refractivity contribution in [1.82, 2.24) is 10.2 Å². The predicted octanol–water partition coefficient (Wildman–Crippen LogP) is 0.386. The summed E-state index contributed by atoms with van der Waals surface area (Å²) in [7, 11) is 1.48. The van der Waals surface area contributed by atoms with E-state index < -0.39 is 0 Å². The zero-order valence-corrected chi connectivity index (χ0v) is 7.88. The Bertz CT molecular complexity index is 348. The van der Waals surface area contributed by atoms with Crippen LogP contribution in [0, 0.1) is 19.3 Å². The van der Waals surface area contributed by atoms with Gasteiger partial charge < -0.3 is 10.5 Å². The molecule has 0 aliphatic rings. The Kier molecular flexibility index (Phi) is 2.46. The number of nitrogens with one attached hydrogen (secondary N) is 1. The minimum atomic E-state index is -0.0487. The molecule has 0 fully saturated rings. The number of aromatic nitrogens is 2. The lowest BCUT2D eigenvalue weighted by Gasteiger charge is -2.09. The Hall–Kier alpha value is -1.65. The molecule has 3 N–H and O–H groups in total. The molecule has 0 saturated heterocycles. The third-order valence-corrected chi connectivity index (χ3v) is 1.89. The second kappa shape index (κ2) is 3.38. The fourth-order valence-corrected chi connectivity index (χ4v) is 1.05. The van der Waals surface area contributed by atoms with Crippen molar-refractivity contribution < 1.29 is 4.74 Å². The predicted molar refractivity (Wildman–Crippen MR) is 49.1 cm³/mol. The summed E-state index contributed by atoms with van der Waals surface area (Å²) in [5, 5.41) is 15.0. The molecule has 0 bridgehead atoms. The van der Waals surface area contributed by atoms with Gasteiger partial charge in [0.05, 0.1) is 18.4 Å². The van der Waals surface area contributed by atoms with Crippen molar-refractivity contribution in [2.45, 2.75) is 13.8 Å². The minimum absolute atomic E-state index is 0.0487. The van der Waals surface area contributed by atoms with E-state index in [1.165, 1.54) is 7.11 Å². The fraction of sp³-hybridized carbons (Fsp3) is 0.375. The number of nitrogens with two attached hydrogens (primary N) is 1. The van der Waals surface area contributed by atoms with E-state index >= 15 is 0 Å². The molecule has 1 rings (SSSR count). The number of ether oxygens (including phenoxy) is 1. The SMILES string of the molecule is COc1nnc(C)c(C)c1C(=N)N. The maximum Gasteiger partial charge on any atom is 0.244 e. The molecule has 1 heterocycles. The van der Waals surface area contributed by atoms with E-state index in [0.29, 0.717) is 11.4 Å². The van der Waals surface area contributed by atoms with Gasteiger partial charge in [-0.3, -0.25) is 5.41 Å². The molecule has 1 aromatic rings. The van der Waals surface area contributed by atoms with Crippen LogP contribution in [0.2, 0.25) is 0 Å². The highest BCUT2D eigenvalue weighted by molar-refractivity contribution is 5.98. The first-order chi connectivity index (χ1) is 6.07. The van der Waals surface area contributed by atoms with Gasteiger partial charge in [0.2, 0.25) is 5.88 Å². The summed E-state index contributed by atoms with van der Waals surface area (Å²) in [4.78, 5) is 0. The maximum atomic E-state index is 7.35. The van der Waals surface area contributed by atoms with Crippen LogP contribution in [0.4, 0.5) is 0 Å². The van der Waals surface area contributed by atoms with Crippen LogP contribution < -0.4 is 10.5 Å². The van der Waals surface area contributed by atoms with Gasteiger partial charge >= 0.3 is 0 Å². The Morgan fingerprint density at radius 3 is 2.46 bits per heavy atom. The standard InChI is InChI=1S/C8H12N4O/c1-4-5(2)11-12-8(13-3)6(4)7(9)10/h1-3H3,(H3,9,10). The molecule has 1 aromatic heterocycles. The normalized spacial score (nSPS) is 9.77. The number of hydrogen-bond donors (Lipinski definition) is 2. The van der Waals surface area contributed by atoms with Crippen LogP contribution in [0.1, 0.15) is 16.8 Å². The van der Waals surface area contributed by atoms with E-state index in [1.54, 1.807) is 0 Å². The van der Waals surface area contributed by atoms with Crippen molar-refractivity contribution in [3.05, 3.63) is 16.8 Å². The topological polar surface area (TPSA) is 84.9 Å². The van der Waals surface area contributed by atoms with E-state index in [4.69, 9.17) is 15.9 Å². The van der Waals surface area contributed by atoms with E-state index in [1.807, 2.05) is 13.8 Å².